The van der Waals surface area contributed by atoms with Gasteiger partial charge in [0.15, 0.2) is 0 Å². The van der Waals surface area contributed by atoms with Crippen molar-refractivity contribution in [3.63, 3.8) is 0 Å². The Morgan fingerprint density at radius 3 is 2.54 bits per heavy atom. The van der Waals surface area contributed by atoms with E-state index in [0.29, 0.717) is 18.5 Å². The van der Waals surface area contributed by atoms with Crippen LogP contribution in [-0.4, -0.2) is 46.0 Å². The highest BCUT2D eigenvalue weighted by Gasteiger charge is 2.36. The largest absolute Gasteiger partial charge is 0.478 e. The summed E-state index contributed by atoms with van der Waals surface area (Å²) >= 11 is 0. The third-order valence-electron chi connectivity index (χ3n) is 3.84. The van der Waals surface area contributed by atoms with E-state index in [2.05, 4.69) is 0 Å². The Kier molecular flexibility index (Phi) is 5.26. The first-order chi connectivity index (χ1) is 11.2. The number of carbonyl (C=O) groups is 3. The number of carbonyl (C=O) groups excluding carboxylic acids is 2. The average molecular weight is 333 g/mol. The zero-order chi connectivity index (χ0) is 17.9. The van der Waals surface area contributed by atoms with Gasteiger partial charge in [-0.05, 0) is 45.2 Å². The molecule has 0 saturated carbocycles. The number of esters is 1. The Labute approximate surface area is 141 Å². The summed E-state index contributed by atoms with van der Waals surface area (Å²) in [5.41, 5.74) is -0.0479. The molecule has 6 nitrogen and oxygen atoms in total. The molecule has 1 unspecified atom stereocenters. The van der Waals surface area contributed by atoms with E-state index < -0.39 is 23.6 Å². The van der Waals surface area contributed by atoms with Crippen LogP contribution in [0.25, 0.3) is 0 Å². The van der Waals surface area contributed by atoms with Gasteiger partial charge < -0.3 is 14.7 Å². The predicted octanol–water partition coefficient (Wildman–Crippen LogP) is 2.26. The lowest BCUT2D eigenvalue weighted by atomic mass is 10.0. The zero-order valence-electron chi connectivity index (χ0n) is 14.2. The standard InChI is InChI=1S/C18H23NO5/c1-18(2,3)24-17(23)14-9-6-10-19(14)15(20)11-12-7-4-5-8-13(12)16(21)22/h4-5,7-8,14H,6,9-11H2,1-3H3,(H,21,22). The van der Waals surface area contributed by atoms with Crippen LogP contribution in [0.15, 0.2) is 24.3 Å². The second-order valence-corrected chi connectivity index (χ2v) is 6.92. The molecular weight excluding hydrogens is 310 g/mol. The molecule has 6 heteroatoms. The first-order valence-electron chi connectivity index (χ1n) is 8.02. The molecule has 1 aliphatic heterocycles. The second kappa shape index (κ2) is 7.03. The summed E-state index contributed by atoms with van der Waals surface area (Å²) in [5, 5.41) is 9.21. The lowest BCUT2D eigenvalue weighted by Gasteiger charge is -2.27. The van der Waals surface area contributed by atoms with Crippen LogP contribution in [0.4, 0.5) is 0 Å². The third-order valence-corrected chi connectivity index (χ3v) is 3.84. The quantitative estimate of drug-likeness (QED) is 0.855. The van der Waals surface area contributed by atoms with Gasteiger partial charge in [-0.2, -0.15) is 0 Å². The van der Waals surface area contributed by atoms with E-state index in [1.54, 1.807) is 39.0 Å². The molecule has 1 fully saturated rings. The molecule has 1 saturated heterocycles. The van der Waals surface area contributed by atoms with Crippen LogP contribution >= 0.6 is 0 Å². The fourth-order valence-electron chi connectivity index (χ4n) is 2.83. The van der Waals surface area contributed by atoms with Crippen molar-refractivity contribution in [2.75, 3.05) is 6.54 Å². The Bertz CT molecular complexity index is 647. The minimum absolute atomic E-state index is 0.0399. The summed E-state index contributed by atoms with van der Waals surface area (Å²) in [6, 6.07) is 5.83. The second-order valence-electron chi connectivity index (χ2n) is 6.92. The SMILES string of the molecule is CC(C)(C)OC(=O)C1CCCN1C(=O)Cc1ccccc1C(=O)O. The van der Waals surface area contributed by atoms with E-state index in [0.717, 1.165) is 6.42 Å². The lowest BCUT2D eigenvalue weighted by Crippen LogP contribution is -2.44. The normalized spacial score (nSPS) is 17.6. The number of likely N-dealkylation sites (tertiary alicyclic amines) is 1. The Balaban J connectivity index is 2.12. The minimum Gasteiger partial charge on any atom is -0.478 e. The Morgan fingerprint density at radius 1 is 1.25 bits per heavy atom. The average Bonchev–Trinajstić information content (AvgIpc) is 2.95. The summed E-state index contributed by atoms with van der Waals surface area (Å²) in [7, 11) is 0. The van der Waals surface area contributed by atoms with Gasteiger partial charge in [0, 0.05) is 6.54 Å². The molecule has 1 aliphatic rings. The molecule has 1 N–H and O–H groups in total. The molecule has 0 aromatic heterocycles. The number of hydrogen-bond donors (Lipinski definition) is 1. The number of ether oxygens (including phenoxy) is 1. The monoisotopic (exact) mass is 333 g/mol. The topological polar surface area (TPSA) is 83.9 Å². The first-order valence-corrected chi connectivity index (χ1v) is 8.02. The molecule has 1 aromatic rings. The molecule has 130 valence electrons. The summed E-state index contributed by atoms with van der Waals surface area (Å²) < 4.78 is 5.39. The number of benzene rings is 1. The van der Waals surface area contributed by atoms with Gasteiger partial charge in [-0.25, -0.2) is 9.59 Å². The van der Waals surface area contributed by atoms with Crippen molar-refractivity contribution in [1.82, 2.24) is 4.90 Å². The van der Waals surface area contributed by atoms with Crippen molar-refractivity contribution in [3.05, 3.63) is 35.4 Å². The molecule has 0 spiro atoms. The van der Waals surface area contributed by atoms with Crippen molar-refractivity contribution >= 4 is 17.8 Å². The van der Waals surface area contributed by atoms with Crippen LogP contribution in [0.2, 0.25) is 0 Å². The van der Waals surface area contributed by atoms with Crippen LogP contribution in [0.5, 0.6) is 0 Å². The molecular formula is C18H23NO5. The van der Waals surface area contributed by atoms with Gasteiger partial charge >= 0.3 is 11.9 Å². The van der Waals surface area contributed by atoms with Gasteiger partial charge in [0.25, 0.3) is 0 Å². The molecule has 1 heterocycles. The van der Waals surface area contributed by atoms with Crippen molar-refractivity contribution in [2.45, 2.75) is 51.7 Å². The van der Waals surface area contributed by atoms with Crippen molar-refractivity contribution in [2.24, 2.45) is 0 Å². The smallest absolute Gasteiger partial charge is 0.335 e. The van der Waals surface area contributed by atoms with Crippen LogP contribution in [0.1, 0.15) is 49.5 Å². The van der Waals surface area contributed by atoms with Crippen molar-refractivity contribution in [3.8, 4) is 0 Å². The van der Waals surface area contributed by atoms with Crippen LogP contribution < -0.4 is 0 Å². The van der Waals surface area contributed by atoms with Gasteiger partial charge in [-0.15, -0.1) is 0 Å². The summed E-state index contributed by atoms with van der Waals surface area (Å²) in [6.07, 6.45) is 1.26. The van der Waals surface area contributed by atoms with Gasteiger partial charge in [-0.1, -0.05) is 18.2 Å². The van der Waals surface area contributed by atoms with Gasteiger partial charge in [0.05, 0.1) is 12.0 Å². The van der Waals surface area contributed by atoms with Crippen molar-refractivity contribution < 1.29 is 24.2 Å². The summed E-state index contributed by atoms with van der Waals surface area (Å²) in [4.78, 5) is 37.6. The Hall–Kier alpha value is -2.37. The first kappa shape index (κ1) is 18.0. The number of nitrogens with zero attached hydrogens (tertiary/aromatic N) is 1. The van der Waals surface area contributed by atoms with E-state index >= 15 is 0 Å². The zero-order valence-corrected chi connectivity index (χ0v) is 14.2. The van der Waals surface area contributed by atoms with Gasteiger partial charge in [0.2, 0.25) is 5.91 Å². The fourth-order valence-corrected chi connectivity index (χ4v) is 2.83. The van der Waals surface area contributed by atoms with Crippen molar-refractivity contribution in [1.29, 1.82) is 0 Å². The van der Waals surface area contributed by atoms with Crippen LogP contribution in [0, 0.1) is 0 Å². The molecule has 0 bridgehead atoms. The van der Waals surface area contributed by atoms with Gasteiger partial charge in [-0.3, -0.25) is 4.79 Å². The number of carboxylic acids is 1. The Morgan fingerprint density at radius 2 is 1.92 bits per heavy atom. The molecule has 1 amide bonds. The molecule has 0 aliphatic carbocycles. The fraction of sp³-hybridized carbons (Fsp3) is 0.500. The van der Waals surface area contributed by atoms with E-state index in [-0.39, 0.29) is 17.9 Å². The molecule has 1 atom stereocenters. The van der Waals surface area contributed by atoms with Gasteiger partial charge in [0.1, 0.15) is 11.6 Å². The van der Waals surface area contributed by atoms with Crippen LogP contribution in [-0.2, 0) is 20.7 Å². The van der Waals surface area contributed by atoms with E-state index in [1.807, 2.05) is 0 Å². The molecule has 1 aromatic carbocycles. The highest BCUT2D eigenvalue weighted by Crippen LogP contribution is 2.22. The molecule has 2 rings (SSSR count). The predicted molar refractivity (Wildman–Crippen MR) is 87.7 cm³/mol. The number of rotatable bonds is 4. The number of amides is 1. The van der Waals surface area contributed by atoms with E-state index in [1.165, 1.54) is 11.0 Å². The highest BCUT2D eigenvalue weighted by atomic mass is 16.6. The molecule has 24 heavy (non-hydrogen) atoms. The summed E-state index contributed by atoms with van der Waals surface area (Å²) in [6.45, 7) is 5.84. The summed E-state index contributed by atoms with van der Waals surface area (Å²) in [5.74, 6) is -1.72. The number of aromatic carboxylic acids is 1. The number of hydrogen-bond acceptors (Lipinski definition) is 4. The highest BCUT2D eigenvalue weighted by molar-refractivity contribution is 5.92. The van der Waals surface area contributed by atoms with E-state index in [4.69, 9.17) is 4.74 Å². The maximum atomic E-state index is 12.6. The van der Waals surface area contributed by atoms with Crippen LogP contribution in [0.3, 0.4) is 0 Å². The lowest BCUT2D eigenvalue weighted by molar-refractivity contribution is -0.163. The maximum absolute atomic E-state index is 12.6. The maximum Gasteiger partial charge on any atom is 0.335 e. The van der Waals surface area contributed by atoms with E-state index in [9.17, 15) is 19.5 Å². The minimum atomic E-state index is -1.07. The molecule has 0 radical (unpaired) electrons. The number of carboxylic acid groups (broad SMARTS) is 1. The third kappa shape index (κ3) is 4.34.